The number of likely N-dealkylation sites (N-methyl/N-ethyl adjacent to an activating group) is 1. The summed E-state index contributed by atoms with van der Waals surface area (Å²) in [6.45, 7) is 4.28. The highest BCUT2D eigenvalue weighted by Crippen LogP contribution is 2.45. The van der Waals surface area contributed by atoms with Crippen molar-refractivity contribution in [3.63, 3.8) is 0 Å². The van der Waals surface area contributed by atoms with Crippen molar-refractivity contribution in [2.24, 2.45) is 0 Å². The lowest BCUT2D eigenvalue weighted by Crippen LogP contribution is -2.40. The maximum atomic E-state index is 13.3. The van der Waals surface area contributed by atoms with Crippen LogP contribution in [0.2, 0.25) is 0 Å². The molecule has 3 nitrogen and oxygen atoms in total. The molecule has 4 rings (SSSR count). The Morgan fingerprint density at radius 1 is 1.12 bits per heavy atom. The molecular formula is C21H24N2O. The van der Waals surface area contributed by atoms with Gasteiger partial charge in [0.15, 0.2) is 0 Å². The highest BCUT2D eigenvalue weighted by Gasteiger charge is 2.42. The summed E-state index contributed by atoms with van der Waals surface area (Å²) < 4.78 is 0. The first-order valence-electron chi connectivity index (χ1n) is 8.83. The normalized spacial score (nSPS) is 23.5. The average Bonchev–Trinajstić information content (AvgIpc) is 2.74. The molecule has 3 heteroatoms. The van der Waals surface area contributed by atoms with Crippen molar-refractivity contribution in [2.75, 3.05) is 25.0 Å². The van der Waals surface area contributed by atoms with Gasteiger partial charge in [0, 0.05) is 29.8 Å². The molecule has 0 aromatic heterocycles. The molecule has 2 aromatic rings. The van der Waals surface area contributed by atoms with Gasteiger partial charge in [0.05, 0.1) is 0 Å². The van der Waals surface area contributed by atoms with Gasteiger partial charge in [0.1, 0.15) is 0 Å². The highest BCUT2D eigenvalue weighted by atomic mass is 16.2. The molecule has 124 valence electrons. The Morgan fingerprint density at radius 2 is 1.92 bits per heavy atom. The monoisotopic (exact) mass is 320 g/mol. The zero-order valence-electron chi connectivity index (χ0n) is 14.4. The largest absolute Gasteiger partial charge is 0.306 e. The molecule has 0 aliphatic carbocycles. The number of amides is 1. The number of nitrogens with zero attached hydrogens (tertiary/aromatic N) is 2. The van der Waals surface area contributed by atoms with Crippen LogP contribution in [0.1, 0.15) is 40.2 Å². The molecule has 0 saturated carbocycles. The van der Waals surface area contributed by atoms with E-state index in [0.717, 1.165) is 37.2 Å². The summed E-state index contributed by atoms with van der Waals surface area (Å²) in [6, 6.07) is 16.5. The van der Waals surface area contributed by atoms with Crippen molar-refractivity contribution in [3.8, 4) is 0 Å². The predicted molar refractivity (Wildman–Crippen MR) is 97.7 cm³/mol. The molecular weight excluding hydrogens is 296 g/mol. The van der Waals surface area contributed by atoms with Crippen LogP contribution in [0.15, 0.2) is 48.5 Å². The Bertz CT molecular complexity index is 756. The van der Waals surface area contributed by atoms with E-state index >= 15 is 0 Å². The molecule has 0 radical (unpaired) electrons. The Labute approximate surface area is 143 Å². The van der Waals surface area contributed by atoms with Gasteiger partial charge in [-0.1, -0.05) is 35.9 Å². The van der Waals surface area contributed by atoms with Crippen molar-refractivity contribution < 1.29 is 4.79 Å². The molecule has 1 fully saturated rings. The number of carbonyl (C=O) groups excluding carboxylic acids is 1. The SMILES string of the molecule is Cc1ccc2c(c1)C1CN(C)CCCC1N2C(=O)c1ccccc1. The fourth-order valence-electron chi connectivity index (χ4n) is 4.28. The molecule has 1 saturated heterocycles. The Morgan fingerprint density at radius 3 is 2.71 bits per heavy atom. The second-order valence-electron chi connectivity index (χ2n) is 7.18. The minimum Gasteiger partial charge on any atom is -0.306 e. The van der Waals surface area contributed by atoms with E-state index in [0.29, 0.717) is 5.92 Å². The van der Waals surface area contributed by atoms with Gasteiger partial charge in [-0.15, -0.1) is 0 Å². The zero-order chi connectivity index (χ0) is 16.7. The highest BCUT2D eigenvalue weighted by molar-refractivity contribution is 6.08. The van der Waals surface area contributed by atoms with E-state index in [2.05, 4.69) is 42.0 Å². The first-order valence-corrected chi connectivity index (χ1v) is 8.83. The van der Waals surface area contributed by atoms with Crippen LogP contribution in [-0.4, -0.2) is 37.0 Å². The van der Waals surface area contributed by atoms with E-state index in [1.165, 1.54) is 11.1 Å². The lowest BCUT2D eigenvalue weighted by atomic mass is 9.92. The maximum Gasteiger partial charge on any atom is 0.258 e. The van der Waals surface area contributed by atoms with Gasteiger partial charge in [0.2, 0.25) is 0 Å². The smallest absolute Gasteiger partial charge is 0.258 e. The van der Waals surface area contributed by atoms with E-state index < -0.39 is 0 Å². The molecule has 0 N–H and O–H groups in total. The van der Waals surface area contributed by atoms with Gasteiger partial charge >= 0.3 is 0 Å². The van der Waals surface area contributed by atoms with Crippen molar-refractivity contribution in [1.29, 1.82) is 0 Å². The predicted octanol–water partition coefficient (Wildman–Crippen LogP) is 3.83. The molecule has 0 bridgehead atoms. The number of carbonyl (C=O) groups is 1. The van der Waals surface area contributed by atoms with Crippen LogP contribution >= 0.6 is 0 Å². The average molecular weight is 320 g/mol. The van der Waals surface area contributed by atoms with E-state index in [9.17, 15) is 4.79 Å². The van der Waals surface area contributed by atoms with E-state index in [4.69, 9.17) is 0 Å². The van der Waals surface area contributed by atoms with E-state index in [1.807, 2.05) is 30.3 Å². The van der Waals surface area contributed by atoms with E-state index in [-0.39, 0.29) is 11.9 Å². The van der Waals surface area contributed by atoms with Gasteiger partial charge in [-0.05, 0) is 57.1 Å². The van der Waals surface area contributed by atoms with Crippen LogP contribution in [0.25, 0.3) is 0 Å². The maximum absolute atomic E-state index is 13.3. The number of hydrogen-bond donors (Lipinski definition) is 0. The summed E-state index contributed by atoms with van der Waals surface area (Å²) in [6.07, 6.45) is 2.21. The van der Waals surface area contributed by atoms with Crippen molar-refractivity contribution in [1.82, 2.24) is 4.90 Å². The van der Waals surface area contributed by atoms with Crippen LogP contribution in [0.3, 0.4) is 0 Å². The number of rotatable bonds is 1. The summed E-state index contributed by atoms with van der Waals surface area (Å²) in [5.41, 5.74) is 4.51. The summed E-state index contributed by atoms with van der Waals surface area (Å²) >= 11 is 0. The number of aryl methyl sites for hydroxylation is 1. The topological polar surface area (TPSA) is 23.6 Å². The molecule has 2 aromatic carbocycles. The number of benzene rings is 2. The quantitative estimate of drug-likeness (QED) is 0.797. The van der Waals surface area contributed by atoms with Gasteiger partial charge in [-0.3, -0.25) is 4.79 Å². The summed E-state index contributed by atoms with van der Waals surface area (Å²) in [7, 11) is 2.19. The zero-order valence-corrected chi connectivity index (χ0v) is 14.4. The van der Waals surface area contributed by atoms with Crippen LogP contribution < -0.4 is 4.90 Å². The van der Waals surface area contributed by atoms with Crippen molar-refractivity contribution in [2.45, 2.75) is 31.7 Å². The number of fused-ring (bicyclic) bond motifs is 3. The minimum atomic E-state index is 0.137. The second-order valence-corrected chi connectivity index (χ2v) is 7.18. The summed E-state index contributed by atoms with van der Waals surface area (Å²) in [5.74, 6) is 0.554. The third-order valence-corrected chi connectivity index (χ3v) is 5.43. The van der Waals surface area contributed by atoms with Gasteiger partial charge in [-0.2, -0.15) is 0 Å². The summed E-state index contributed by atoms with van der Waals surface area (Å²) in [5, 5.41) is 0. The van der Waals surface area contributed by atoms with Crippen LogP contribution in [0.4, 0.5) is 5.69 Å². The molecule has 2 aliphatic heterocycles. The third kappa shape index (κ3) is 2.53. The van der Waals surface area contributed by atoms with Crippen LogP contribution in [-0.2, 0) is 0 Å². The number of likely N-dealkylation sites (tertiary alicyclic amines) is 1. The molecule has 2 aliphatic rings. The molecule has 2 heterocycles. The minimum absolute atomic E-state index is 0.137. The summed E-state index contributed by atoms with van der Waals surface area (Å²) in [4.78, 5) is 17.7. The Hall–Kier alpha value is -2.13. The molecule has 24 heavy (non-hydrogen) atoms. The van der Waals surface area contributed by atoms with E-state index in [1.54, 1.807) is 0 Å². The molecule has 2 atom stereocenters. The van der Waals surface area contributed by atoms with Crippen LogP contribution in [0.5, 0.6) is 0 Å². The van der Waals surface area contributed by atoms with Crippen molar-refractivity contribution >= 4 is 11.6 Å². The molecule has 0 spiro atoms. The fourth-order valence-corrected chi connectivity index (χ4v) is 4.28. The van der Waals surface area contributed by atoms with Crippen molar-refractivity contribution in [3.05, 3.63) is 65.2 Å². The molecule has 1 amide bonds. The first kappa shape index (κ1) is 15.4. The lowest BCUT2D eigenvalue weighted by Gasteiger charge is -2.28. The number of anilines is 1. The lowest BCUT2D eigenvalue weighted by molar-refractivity contribution is 0.0976. The van der Waals surface area contributed by atoms with Gasteiger partial charge < -0.3 is 9.80 Å². The fraction of sp³-hybridized carbons (Fsp3) is 0.381. The van der Waals surface area contributed by atoms with Crippen LogP contribution in [0, 0.1) is 6.92 Å². The Kier molecular flexibility index (Phi) is 3.89. The Balaban J connectivity index is 1.80. The number of hydrogen-bond acceptors (Lipinski definition) is 2. The first-order chi connectivity index (χ1) is 11.6. The molecule has 2 unspecified atom stereocenters. The second kappa shape index (κ2) is 6.06. The van der Waals surface area contributed by atoms with Gasteiger partial charge in [-0.25, -0.2) is 0 Å². The standard InChI is InChI=1S/C21H24N2O/c1-15-10-11-20-17(13-15)18-14-22(2)12-6-9-19(18)23(20)21(24)16-7-4-3-5-8-16/h3-5,7-8,10-11,13,18-19H,6,9,12,14H2,1-2H3. The third-order valence-electron chi connectivity index (χ3n) is 5.43. The van der Waals surface area contributed by atoms with Gasteiger partial charge in [0.25, 0.3) is 5.91 Å².